The molecule has 1 amide bonds. The maximum atomic E-state index is 12.3. The van der Waals surface area contributed by atoms with Gasteiger partial charge in [0.1, 0.15) is 13.2 Å². The van der Waals surface area contributed by atoms with Crippen LogP contribution in [0.1, 0.15) is 37.7 Å². The minimum Gasteiger partial charge on any atom is -0.467 e. The molecule has 0 spiro atoms. The van der Waals surface area contributed by atoms with Gasteiger partial charge in [-0.1, -0.05) is 35.6 Å². The Morgan fingerprint density at radius 2 is 2.24 bits per heavy atom. The zero-order chi connectivity index (χ0) is 21.1. The van der Waals surface area contributed by atoms with Crippen molar-refractivity contribution in [1.29, 1.82) is 0 Å². The van der Waals surface area contributed by atoms with Crippen LogP contribution in [0.25, 0.3) is 0 Å². The van der Waals surface area contributed by atoms with Crippen LogP contribution in [0, 0.1) is 11.8 Å². The van der Waals surface area contributed by atoms with Crippen LogP contribution in [-0.4, -0.2) is 60.9 Å². The molecule has 1 aliphatic heterocycles. The number of carbonyl (C=O) groups excluding carboxylic acids is 2. The van der Waals surface area contributed by atoms with Gasteiger partial charge < -0.3 is 19.5 Å². The molecule has 1 heterocycles. The van der Waals surface area contributed by atoms with Gasteiger partial charge >= 0.3 is 5.97 Å². The lowest BCUT2D eigenvalue weighted by atomic mass is 9.94. The summed E-state index contributed by atoms with van der Waals surface area (Å²) < 4.78 is 9.56. The number of hydrogen-bond acceptors (Lipinski definition) is 5. The minimum absolute atomic E-state index is 0.0792. The van der Waals surface area contributed by atoms with Crippen molar-refractivity contribution in [2.45, 2.75) is 50.7 Å². The van der Waals surface area contributed by atoms with E-state index in [-0.39, 0.29) is 25.2 Å². The molecule has 1 aromatic rings. The zero-order valence-corrected chi connectivity index (χ0v) is 17.5. The second kappa shape index (κ2) is 12.5. The summed E-state index contributed by atoms with van der Waals surface area (Å²) in [5, 5.41) is 11.0. The van der Waals surface area contributed by atoms with Gasteiger partial charge in [-0.15, -0.1) is 0 Å². The van der Waals surface area contributed by atoms with Crippen LogP contribution in [0.2, 0.25) is 5.02 Å². The van der Waals surface area contributed by atoms with E-state index in [2.05, 4.69) is 16.6 Å². The van der Waals surface area contributed by atoms with Gasteiger partial charge in [0.25, 0.3) is 0 Å². The Morgan fingerprint density at radius 1 is 1.41 bits per heavy atom. The highest BCUT2D eigenvalue weighted by Crippen LogP contribution is 2.23. The monoisotopic (exact) mass is 421 g/mol. The van der Waals surface area contributed by atoms with E-state index in [0.717, 1.165) is 24.8 Å². The first kappa shape index (κ1) is 23.2. The van der Waals surface area contributed by atoms with Crippen molar-refractivity contribution < 1.29 is 24.2 Å². The fraction of sp³-hybridized carbons (Fsp3) is 0.545. The second-order valence-electron chi connectivity index (χ2n) is 7.06. The third-order valence-electron chi connectivity index (χ3n) is 4.88. The highest BCUT2D eigenvalue weighted by atomic mass is 35.5. The molecule has 1 N–H and O–H groups in total. The summed E-state index contributed by atoms with van der Waals surface area (Å²) in [7, 11) is 1.30. The largest absolute Gasteiger partial charge is 0.467 e. The van der Waals surface area contributed by atoms with Crippen LogP contribution in [-0.2, 0) is 25.5 Å². The Bertz CT molecular complexity index is 742. The van der Waals surface area contributed by atoms with Gasteiger partial charge in [-0.2, -0.15) is 0 Å². The molecular formula is C22H28ClNO5. The predicted molar refractivity (Wildman–Crippen MR) is 110 cm³/mol. The number of ether oxygens (including phenoxy) is 2. The fourth-order valence-corrected chi connectivity index (χ4v) is 3.58. The molecule has 158 valence electrons. The molecular weight excluding hydrogens is 394 g/mol. The van der Waals surface area contributed by atoms with E-state index < -0.39 is 12.1 Å². The lowest BCUT2D eigenvalue weighted by molar-refractivity contribution is -0.145. The number of likely N-dealkylation sites (tertiary alicyclic amines) is 1. The zero-order valence-electron chi connectivity index (χ0n) is 16.7. The van der Waals surface area contributed by atoms with Gasteiger partial charge in [0.2, 0.25) is 5.91 Å². The number of esters is 1. The molecule has 1 aromatic carbocycles. The van der Waals surface area contributed by atoms with E-state index in [1.807, 2.05) is 24.3 Å². The average molecular weight is 422 g/mol. The van der Waals surface area contributed by atoms with Crippen LogP contribution >= 0.6 is 11.6 Å². The van der Waals surface area contributed by atoms with Crippen molar-refractivity contribution in [3.8, 4) is 11.8 Å². The maximum absolute atomic E-state index is 12.3. The third-order valence-corrected chi connectivity index (χ3v) is 5.11. The first-order valence-electron chi connectivity index (χ1n) is 9.82. The molecule has 0 radical (unpaired) electrons. The Morgan fingerprint density at radius 3 is 3.00 bits per heavy atom. The van der Waals surface area contributed by atoms with Gasteiger partial charge in [0, 0.05) is 17.5 Å². The molecule has 0 aromatic heterocycles. The summed E-state index contributed by atoms with van der Waals surface area (Å²) in [5.74, 6) is 5.41. The molecule has 7 heteroatoms. The van der Waals surface area contributed by atoms with Crippen molar-refractivity contribution in [3.63, 3.8) is 0 Å². The molecule has 0 aliphatic carbocycles. The van der Waals surface area contributed by atoms with E-state index in [1.165, 1.54) is 7.11 Å². The van der Waals surface area contributed by atoms with Crippen molar-refractivity contribution >= 4 is 23.5 Å². The van der Waals surface area contributed by atoms with E-state index >= 15 is 0 Å². The van der Waals surface area contributed by atoms with Crippen LogP contribution in [0.15, 0.2) is 24.3 Å². The van der Waals surface area contributed by atoms with E-state index in [1.54, 1.807) is 4.90 Å². The molecule has 1 aliphatic rings. The minimum atomic E-state index is -0.481. The maximum Gasteiger partial charge on any atom is 0.331 e. The number of hydrogen-bond donors (Lipinski definition) is 1. The number of piperidine rings is 1. The molecule has 1 saturated heterocycles. The lowest BCUT2D eigenvalue weighted by Crippen LogP contribution is -2.44. The van der Waals surface area contributed by atoms with Crippen LogP contribution in [0.3, 0.4) is 0 Å². The summed E-state index contributed by atoms with van der Waals surface area (Å²) in [6, 6.07) is 7.57. The van der Waals surface area contributed by atoms with Gasteiger partial charge in [-0.3, -0.25) is 4.79 Å². The van der Waals surface area contributed by atoms with E-state index in [4.69, 9.17) is 16.3 Å². The summed E-state index contributed by atoms with van der Waals surface area (Å²) in [5.41, 5.74) is 0.999. The van der Waals surface area contributed by atoms with Crippen LogP contribution < -0.4 is 0 Å². The number of aliphatic hydroxyl groups is 1. The molecule has 29 heavy (non-hydrogen) atoms. The first-order chi connectivity index (χ1) is 14.0. The standard InChI is InChI=1S/C22H28ClNO5/c1-28-22(27)16-29-13-3-2-12-24-19(8-5-9-21(24)26)10-11-20(25)15-17-6-4-7-18(23)14-17/h4,6-7,14,19-20,25H,5,8-13,15-16H2,1H3/t19-,20?/m1/s1. The number of amides is 1. The van der Waals surface area contributed by atoms with E-state index in [9.17, 15) is 14.7 Å². The van der Waals surface area contributed by atoms with Crippen LogP contribution in [0.4, 0.5) is 0 Å². The number of aliphatic hydroxyl groups excluding tert-OH is 1. The predicted octanol–water partition coefficient (Wildman–Crippen LogP) is 2.60. The van der Waals surface area contributed by atoms with Gasteiger partial charge in [0.05, 0.1) is 19.8 Å². The molecule has 2 atom stereocenters. The number of carbonyl (C=O) groups is 2. The highest BCUT2D eigenvalue weighted by molar-refractivity contribution is 6.30. The number of methoxy groups -OCH3 is 1. The molecule has 1 fully saturated rings. The van der Waals surface area contributed by atoms with Crippen molar-refractivity contribution in [2.24, 2.45) is 0 Å². The molecule has 0 bridgehead atoms. The summed E-state index contributed by atoms with van der Waals surface area (Å²) in [4.78, 5) is 25.1. The molecule has 0 saturated carbocycles. The first-order valence-corrected chi connectivity index (χ1v) is 10.2. The number of nitrogens with zero attached hydrogens (tertiary/aromatic N) is 1. The number of rotatable bonds is 9. The smallest absolute Gasteiger partial charge is 0.331 e. The quantitative estimate of drug-likeness (QED) is 0.377. The molecule has 2 rings (SSSR count). The molecule has 6 nitrogen and oxygen atoms in total. The normalized spacial score (nSPS) is 17.4. The van der Waals surface area contributed by atoms with Crippen LogP contribution in [0.5, 0.6) is 0 Å². The van der Waals surface area contributed by atoms with Crippen molar-refractivity contribution in [3.05, 3.63) is 34.9 Å². The topological polar surface area (TPSA) is 76.1 Å². The lowest BCUT2D eigenvalue weighted by Gasteiger charge is -2.35. The number of benzene rings is 1. The summed E-state index contributed by atoms with van der Waals surface area (Å²) in [6.45, 7) is 0.302. The Labute approximate surface area is 177 Å². The van der Waals surface area contributed by atoms with E-state index in [0.29, 0.717) is 30.8 Å². The second-order valence-corrected chi connectivity index (χ2v) is 7.49. The fourth-order valence-electron chi connectivity index (χ4n) is 3.37. The third kappa shape index (κ3) is 8.45. The Kier molecular flexibility index (Phi) is 9.99. The summed E-state index contributed by atoms with van der Waals surface area (Å²) in [6.07, 6.45) is 3.70. The Hall–Kier alpha value is -2.07. The molecule has 1 unspecified atom stereocenters. The van der Waals surface area contributed by atoms with Gasteiger partial charge in [0.15, 0.2) is 0 Å². The Balaban J connectivity index is 1.79. The van der Waals surface area contributed by atoms with Gasteiger partial charge in [-0.25, -0.2) is 4.79 Å². The highest BCUT2D eigenvalue weighted by Gasteiger charge is 2.27. The van der Waals surface area contributed by atoms with Gasteiger partial charge in [-0.05, 0) is 49.8 Å². The average Bonchev–Trinajstić information content (AvgIpc) is 2.70. The summed E-state index contributed by atoms with van der Waals surface area (Å²) >= 11 is 5.99. The number of halogens is 1. The SMILES string of the molecule is COC(=O)COCC#CCN1C(=O)CCC[C@@H]1CCC(O)Cc1cccc(Cl)c1. The van der Waals surface area contributed by atoms with Crippen molar-refractivity contribution in [2.75, 3.05) is 26.9 Å². The van der Waals surface area contributed by atoms with Crippen molar-refractivity contribution in [1.82, 2.24) is 4.90 Å².